The number of pyridine rings is 1. The first-order valence-corrected chi connectivity index (χ1v) is 10.9. The summed E-state index contributed by atoms with van der Waals surface area (Å²) in [5, 5.41) is 3.46. The zero-order valence-corrected chi connectivity index (χ0v) is 18.2. The van der Waals surface area contributed by atoms with E-state index in [1.54, 1.807) is 0 Å². The fourth-order valence-electron chi connectivity index (χ4n) is 4.70. The van der Waals surface area contributed by atoms with Gasteiger partial charge in [-0.1, -0.05) is 67.6 Å². The molecule has 1 aliphatic carbocycles. The van der Waals surface area contributed by atoms with Crippen LogP contribution in [0.25, 0.3) is 22.0 Å². The Bertz CT molecular complexity index is 1320. The van der Waals surface area contributed by atoms with Gasteiger partial charge in [-0.05, 0) is 67.9 Å². The van der Waals surface area contributed by atoms with Crippen LogP contribution in [-0.2, 0) is 0 Å². The third kappa shape index (κ3) is 3.31. The number of rotatable bonds is 2. The van der Waals surface area contributed by atoms with Crippen LogP contribution >= 0.6 is 0 Å². The minimum absolute atomic E-state index is 0.155. The Kier molecular flexibility index (Phi) is 4.47. The lowest BCUT2D eigenvalue weighted by atomic mass is 9.86. The van der Waals surface area contributed by atoms with Crippen LogP contribution in [0.2, 0.25) is 0 Å². The van der Waals surface area contributed by atoms with Gasteiger partial charge in [0.2, 0.25) is 0 Å². The van der Waals surface area contributed by atoms with Gasteiger partial charge in [-0.15, -0.1) is 0 Å². The van der Waals surface area contributed by atoms with Crippen LogP contribution in [0, 0.1) is 12.8 Å². The van der Waals surface area contributed by atoms with Crippen LogP contribution < -0.4 is 10.6 Å². The summed E-state index contributed by atoms with van der Waals surface area (Å²) in [7, 11) is 0. The summed E-state index contributed by atoms with van der Waals surface area (Å²) in [6, 6.07) is 17.5. The van der Waals surface area contributed by atoms with E-state index in [-0.39, 0.29) is 5.54 Å². The Balaban J connectivity index is 1.86. The molecular formula is C28H28N2. The van der Waals surface area contributed by atoms with Crippen LogP contribution in [-0.4, -0.2) is 10.5 Å². The van der Waals surface area contributed by atoms with E-state index in [2.05, 4.69) is 94.5 Å². The zero-order chi connectivity index (χ0) is 20.9. The van der Waals surface area contributed by atoms with Crippen molar-refractivity contribution in [1.82, 2.24) is 4.98 Å². The Morgan fingerprint density at radius 3 is 2.57 bits per heavy atom. The molecule has 5 rings (SSSR count). The molecule has 2 aliphatic rings. The average Bonchev–Trinajstić information content (AvgIpc) is 2.73. The molecule has 2 heterocycles. The number of benzene rings is 2. The van der Waals surface area contributed by atoms with E-state index in [0.29, 0.717) is 5.92 Å². The third-order valence-corrected chi connectivity index (χ3v) is 6.18. The maximum Gasteiger partial charge on any atom is 0.0969 e. The predicted octanol–water partition coefficient (Wildman–Crippen LogP) is 5.52. The summed E-state index contributed by atoms with van der Waals surface area (Å²) in [6.45, 7) is 8.80. The van der Waals surface area contributed by atoms with Gasteiger partial charge in [-0.25, -0.2) is 0 Å². The second kappa shape index (κ2) is 7.05. The van der Waals surface area contributed by atoms with Crippen LogP contribution in [0.3, 0.4) is 0 Å². The molecule has 2 aromatic carbocycles. The lowest BCUT2D eigenvalue weighted by Crippen LogP contribution is -2.39. The molecular weight excluding hydrogens is 364 g/mol. The molecule has 0 N–H and O–H groups in total. The second-order valence-corrected chi connectivity index (χ2v) is 9.35. The number of hydrogen-bond acceptors (Lipinski definition) is 2. The normalized spacial score (nSPS) is 19.9. The second-order valence-electron chi connectivity index (χ2n) is 9.35. The molecule has 0 radical (unpaired) electrons. The summed E-state index contributed by atoms with van der Waals surface area (Å²) in [5.41, 5.74) is 7.12. The number of fused-ring (bicyclic) bond motifs is 3. The summed E-state index contributed by atoms with van der Waals surface area (Å²) in [4.78, 5) is 10.2. The number of aryl methyl sites for hydroxylation is 1. The smallest absolute Gasteiger partial charge is 0.0969 e. The number of allylic oxidation sites excluding steroid dienone is 4. The minimum atomic E-state index is -0.155. The Hall–Kier alpha value is -3.00. The van der Waals surface area contributed by atoms with E-state index in [1.165, 1.54) is 32.9 Å². The van der Waals surface area contributed by atoms with Gasteiger partial charge in [0.05, 0.1) is 16.4 Å². The first kappa shape index (κ1) is 19.0. The molecule has 0 spiro atoms. The highest BCUT2D eigenvalue weighted by Crippen LogP contribution is 2.31. The van der Waals surface area contributed by atoms with Crippen molar-refractivity contribution < 1.29 is 0 Å². The molecule has 3 aromatic rings. The number of hydrogen-bond donors (Lipinski definition) is 0. The topological polar surface area (TPSA) is 25.2 Å². The molecule has 30 heavy (non-hydrogen) atoms. The number of nitrogens with zero attached hydrogens (tertiary/aromatic N) is 2. The van der Waals surface area contributed by atoms with E-state index < -0.39 is 0 Å². The van der Waals surface area contributed by atoms with Gasteiger partial charge in [0.1, 0.15) is 0 Å². The SMILES string of the molecule is Cc1cc(C2=CCC(C)C=C2)c2ccc3c(c2n1)=NC(C)(C)CC=3c1ccccc1. The summed E-state index contributed by atoms with van der Waals surface area (Å²) < 4.78 is 0. The lowest BCUT2D eigenvalue weighted by Gasteiger charge is -2.26. The van der Waals surface area contributed by atoms with E-state index in [4.69, 9.17) is 9.98 Å². The lowest BCUT2D eigenvalue weighted by molar-refractivity contribution is 0.515. The van der Waals surface area contributed by atoms with E-state index in [0.717, 1.165) is 29.4 Å². The first-order valence-electron chi connectivity index (χ1n) is 10.9. The van der Waals surface area contributed by atoms with Crippen molar-refractivity contribution in [3.8, 4) is 0 Å². The van der Waals surface area contributed by atoms with Crippen LogP contribution in [0.4, 0.5) is 0 Å². The average molecular weight is 393 g/mol. The highest BCUT2D eigenvalue weighted by atomic mass is 14.9. The van der Waals surface area contributed by atoms with Crippen molar-refractivity contribution in [3.05, 3.63) is 94.2 Å². The fraction of sp³-hybridized carbons (Fsp3) is 0.286. The molecule has 0 saturated heterocycles. The van der Waals surface area contributed by atoms with Crippen LogP contribution in [0.15, 0.2) is 71.8 Å². The Morgan fingerprint density at radius 1 is 1.03 bits per heavy atom. The monoisotopic (exact) mass is 392 g/mol. The molecule has 1 atom stereocenters. The van der Waals surface area contributed by atoms with Crippen molar-refractivity contribution in [2.75, 3.05) is 0 Å². The maximum absolute atomic E-state index is 5.20. The van der Waals surface area contributed by atoms with E-state index >= 15 is 0 Å². The van der Waals surface area contributed by atoms with Gasteiger partial charge in [0.25, 0.3) is 0 Å². The molecule has 2 heteroatoms. The third-order valence-electron chi connectivity index (χ3n) is 6.18. The standard InChI is InChI=1S/C28H28N2/c1-18-10-12-21(13-11-18)24-16-19(2)29-26-22(24)14-15-23-25(20-8-6-5-7-9-20)17-28(3,4)30-27(23)26/h5-10,12-16,18H,11,17H2,1-4H3. The zero-order valence-electron chi connectivity index (χ0n) is 18.2. The summed E-state index contributed by atoms with van der Waals surface area (Å²) in [5.74, 6) is 0.606. The minimum Gasteiger partial charge on any atom is -0.276 e. The largest absolute Gasteiger partial charge is 0.276 e. The quantitative estimate of drug-likeness (QED) is 0.563. The Labute approximate surface area is 178 Å². The molecule has 1 aromatic heterocycles. The van der Waals surface area contributed by atoms with Crippen LogP contribution in [0.5, 0.6) is 0 Å². The van der Waals surface area contributed by atoms with Crippen molar-refractivity contribution in [3.63, 3.8) is 0 Å². The molecule has 2 nitrogen and oxygen atoms in total. The molecule has 0 saturated carbocycles. The first-order chi connectivity index (χ1) is 14.4. The summed E-state index contributed by atoms with van der Waals surface area (Å²) >= 11 is 0. The molecule has 0 amide bonds. The predicted molar refractivity (Wildman–Crippen MR) is 126 cm³/mol. The van der Waals surface area contributed by atoms with E-state index in [9.17, 15) is 0 Å². The van der Waals surface area contributed by atoms with Gasteiger partial charge in [0.15, 0.2) is 0 Å². The van der Waals surface area contributed by atoms with Gasteiger partial charge in [0, 0.05) is 16.3 Å². The molecule has 1 unspecified atom stereocenters. The van der Waals surface area contributed by atoms with Crippen molar-refractivity contribution in [1.29, 1.82) is 0 Å². The molecule has 1 aliphatic heterocycles. The van der Waals surface area contributed by atoms with Gasteiger partial charge >= 0.3 is 0 Å². The highest BCUT2D eigenvalue weighted by Gasteiger charge is 2.25. The van der Waals surface area contributed by atoms with E-state index in [1.807, 2.05) is 0 Å². The van der Waals surface area contributed by atoms with Crippen molar-refractivity contribution >= 4 is 22.0 Å². The maximum atomic E-state index is 5.20. The van der Waals surface area contributed by atoms with Crippen molar-refractivity contribution in [2.24, 2.45) is 10.9 Å². The van der Waals surface area contributed by atoms with Gasteiger partial charge in [-0.3, -0.25) is 9.98 Å². The van der Waals surface area contributed by atoms with Gasteiger partial charge < -0.3 is 0 Å². The fourth-order valence-corrected chi connectivity index (χ4v) is 4.70. The number of aromatic nitrogens is 1. The molecule has 0 fully saturated rings. The van der Waals surface area contributed by atoms with Crippen LogP contribution in [0.1, 0.15) is 50.4 Å². The van der Waals surface area contributed by atoms with Crippen molar-refractivity contribution in [2.45, 2.75) is 46.1 Å². The molecule has 0 bridgehead atoms. The molecule has 150 valence electrons. The van der Waals surface area contributed by atoms with Gasteiger partial charge in [-0.2, -0.15) is 0 Å². The Morgan fingerprint density at radius 2 is 1.83 bits per heavy atom. The summed E-state index contributed by atoms with van der Waals surface area (Å²) in [6.07, 6.45) is 8.96. The highest BCUT2D eigenvalue weighted by molar-refractivity contribution is 5.95.